The SMILES string of the molecule is COc1ccc(CNC(=O)CC[C@]2(Cc3ccc(Cl)cc3)CCC(=O)N2)cc1. The Kier molecular flexibility index (Phi) is 6.57. The molecule has 0 saturated carbocycles. The third-order valence-electron chi connectivity index (χ3n) is 5.17. The van der Waals surface area contributed by atoms with Gasteiger partial charge in [0, 0.05) is 29.9 Å². The predicted molar refractivity (Wildman–Crippen MR) is 109 cm³/mol. The van der Waals surface area contributed by atoms with Crippen LogP contribution < -0.4 is 15.4 Å². The van der Waals surface area contributed by atoms with Gasteiger partial charge >= 0.3 is 0 Å². The minimum atomic E-state index is -0.373. The Morgan fingerprint density at radius 2 is 1.82 bits per heavy atom. The van der Waals surface area contributed by atoms with Crippen LogP contribution >= 0.6 is 11.6 Å². The second-order valence-electron chi connectivity index (χ2n) is 7.26. The summed E-state index contributed by atoms with van der Waals surface area (Å²) in [5.41, 5.74) is 1.74. The van der Waals surface area contributed by atoms with Crippen molar-refractivity contribution in [3.8, 4) is 5.75 Å². The monoisotopic (exact) mass is 400 g/mol. The van der Waals surface area contributed by atoms with Crippen molar-refractivity contribution >= 4 is 23.4 Å². The largest absolute Gasteiger partial charge is 0.497 e. The molecular weight excluding hydrogens is 376 g/mol. The maximum atomic E-state index is 12.4. The number of carbonyl (C=O) groups excluding carboxylic acids is 2. The average Bonchev–Trinajstić information content (AvgIpc) is 3.08. The van der Waals surface area contributed by atoms with Crippen molar-refractivity contribution in [3.63, 3.8) is 0 Å². The van der Waals surface area contributed by atoms with Crippen LogP contribution in [0.4, 0.5) is 0 Å². The topological polar surface area (TPSA) is 67.4 Å². The van der Waals surface area contributed by atoms with E-state index in [-0.39, 0.29) is 17.4 Å². The lowest BCUT2D eigenvalue weighted by atomic mass is 9.85. The summed E-state index contributed by atoms with van der Waals surface area (Å²) in [4.78, 5) is 24.2. The number of ether oxygens (including phenoxy) is 1. The van der Waals surface area contributed by atoms with Crippen molar-refractivity contribution < 1.29 is 14.3 Å². The quantitative estimate of drug-likeness (QED) is 0.710. The summed E-state index contributed by atoms with van der Waals surface area (Å²) < 4.78 is 5.14. The lowest BCUT2D eigenvalue weighted by Crippen LogP contribution is -2.44. The van der Waals surface area contributed by atoms with E-state index in [4.69, 9.17) is 16.3 Å². The number of hydrogen-bond acceptors (Lipinski definition) is 3. The number of rotatable bonds is 8. The number of hydrogen-bond donors (Lipinski definition) is 2. The van der Waals surface area contributed by atoms with Crippen molar-refractivity contribution in [2.24, 2.45) is 0 Å². The fourth-order valence-electron chi connectivity index (χ4n) is 3.56. The van der Waals surface area contributed by atoms with Crippen LogP contribution in [0.15, 0.2) is 48.5 Å². The maximum absolute atomic E-state index is 12.4. The molecule has 1 heterocycles. The highest BCUT2D eigenvalue weighted by atomic mass is 35.5. The van der Waals surface area contributed by atoms with Crippen molar-refractivity contribution in [1.29, 1.82) is 0 Å². The van der Waals surface area contributed by atoms with Crippen molar-refractivity contribution in [2.75, 3.05) is 7.11 Å². The molecule has 28 heavy (non-hydrogen) atoms. The van der Waals surface area contributed by atoms with E-state index in [0.29, 0.717) is 37.3 Å². The second kappa shape index (κ2) is 9.11. The minimum Gasteiger partial charge on any atom is -0.497 e. The molecule has 0 unspecified atom stereocenters. The third kappa shape index (κ3) is 5.49. The van der Waals surface area contributed by atoms with Gasteiger partial charge in [-0.3, -0.25) is 9.59 Å². The fourth-order valence-corrected chi connectivity index (χ4v) is 3.69. The van der Waals surface area contributed by atoms with Crippen LogP contribution in [0.3, 0.4) is 0 Å². The van der Waals surface area contributed by atoms with Crippen LogP contribution in [-0.4, -0.2) is 24.5 Å². The number of amides is 2. The summed E-state index contributed by atoms with van der Waals surface area (Å²) in [6, 6.07) is 15.2. The molecule has 1 aliphatic heterocycles. The number of benzene rings is 2. The van der Waals surface area contributed by atoms with E-state index in [1.54, 1.807) is 7.11 Å². The molecule has 3 rings (SSSR count). The van der Waals surface area contributed by atoms with E-state index in [1.807, 2.05) is 48.5 Å². The molecule has 148 valence electrons. The molecule has 1 aliphatic rings. The lowest BCUT2D eigenvalue weighted by molar-refractivity contribution is -0.122. The first kappa shape index (κ1) is 20.2. The van der Waals surface area contributed by atoms with Crippen molar-refractivity contribution in [1.82, 2.24) is 10.6 Å². The van der Waals surface area contributed by atoms with Gasteiger partial charge in [0.2, 0.25) is 11.8 Å². The molecule has 0 aromatic heterocycles. The Bertz CT molecular complexity index is 821. The lowest BCUT2D eigenvalue weighted by Gasteiger charge is -2.29. The van der Waals surface area contributed by atoms with Gasteiger partial charge < -0.3 is 15.4 Å². The van der Waals surface area contributed by atoms with Crippen molar-refractivity contribution in [2.45, 2.75) is 44.2 Å². The van der Waals surface area contributed by atoms with E-state index < -0.39 is 0 Å². The Morgan fingerprint density at radius 3 is 2.43 bits per heavy atom. The summed E-state index contributed by atoms with van der Waals surface area (Å²) in [6.45, 7) is 0.472. The molecule has 2 aromatic rings. The Hall–Kier alpha value is -2.53. The first-order chi connectivity index (χ1) is 13.5. The second-order valence-corrected chi connectivity index (χ2v) is 7.69. The molecular formula is C22H25ClN2O3. The molecule has 2 N–H and O–H groups in total. The molecule has 1 fully saturated rings. The van der Waals surface area contributed by atoms with Crippen LogP contribution in [-0.2, 0) is 22.6 Å². The summed E-state index contributed by atoms with van der Waals surface area (Å²) in [5.74, 6) is 0.816. The van der Waals surface area contributed by atoms with Gasteiger partial charge in [-0.05, 0) is 54.7 Å². The minimum absolute atomic E-state index is 0.0209. The van der Waals surface area contributed by atoms with Gasteiger partial charge in [0.25, 0.3) is 0 Å². The summed E-state index contributed by atoms with van der Waals surface area (Å²) in [6.07, 6.45) is 2.91. The highest BCUT2D eigenvalue weighted by Gasteiger charge is 2.37. The zero-order chi connectivity index (χ0) is 20.0. The average molecular weight is 401 g/mol. The molecule has 0 bridgehead atoms. The number of nitrogens with one attached hydrogen (secondary N) is 2. The van der Waals surface area contributed by atoms with E-state index >= 15 is 0 Å². The fraction of sp³-hybridized carbons (Fsp3) is 0.364. The van der Waals surface area contributed by atoms with Gasteiger partial charge in [-0.2, -0.15) is 0 Å². The summed E-state index contributed by atoms with van der Waals surface area (Å²) >= 11 is 5.96. The van der Waals surface area contributed by atoms with Crippen LogP contribution in [0, 0.1) is 0 Å². The molecule has 6 heteroatoms. The van der Waals surface area contributed by atoms with Crippen LogP contribution in [0.1, 0.15) is 36.8 Å². The Labute approximate surface area is 170 Å². The zero-order valence-corrected chi connectivity index (χ0v) is 16.7. The van der Waals surface area contributed by atoms with Gasteiger partial charge in [-0.15, -0.1) is 0 Å². The van der Waals surface area contributed by atoms with Gasteiger partial charge in [0.15, 0.2) is 0 Å². The van der Waals surface area contributed by atoms with Crippen LogP contribution in [0.2, 0.25) is 5.02 Å². The summed E-state index contributed by atoms with van der Waals surface area (Å²) in [5, 5.41) is 6.74. The number of methoxy groups -OCH3 is 1. The van der Waals surface area contributed by atoms with E-state index in [9.17, 15) is 9.59 Å². The molecule has 1 saturated heterocycles. The van der Waals surface area contributed by atoms with Crippen molar-refractivity contribution in [3.05, 3.63) is 64.7 Å². The highest BCUT2D eigenvalue weighted by Crippen LogP contribution is 2.30. The van der Waals surface area contributed by atoms with Gasteiger partial charge in [-0.1, -0.05) is 35.9 Å². The Morgan fingerprint density at radius 1 is 1.14 bits per heavy atom. The standard InChI is InChI=1S/C22H25ClN2O3/c1-28-19-8-4-17(5-9-19)15-24-20(26)10-12-22(13-11-21(27)25-22)14-16-2-6-18(23)7-3-16/h2-9H,10-15H2,1H3,(H,24,26)(H,25,27)/t22-/m1/s1. The van der Waals surface area contributed by atoms with Gasteiger partial charge in [0.05, 0.1) is 7.11 Å². The molecule has 1 atom stereocenters. The first-order valence-corrected chi connectivity index (χ1v) is 9.81. The Balaban J connectivity index is 1.54. The van der Waals surface area contributed by atoms with Gasteiger partial charge in [0.1, 0.15) is 5.75 Å². The first-order valence-electron chi connectivity index (χ1n) is 9.43. The molecule has 0 radical (unpaired) electrons. The van der Waals surface area contributed by atoms with E-state index in [2.05, 4.69) is 10.6 Å². The van der Waals surface area contributed by atoms with E-state index in [0.717, 1.165) is 23.3 Å². The van der Waals surface area contributed by atoms with Crippen LogP contribution in [0.25, 0.3) is 0 Å². The number of carbonyl (C=O) groups is 2. The highest BCUT2D eigenvalue weighted by molar-refractivity contribution is 6.30. The smallest absolute Gasteiger partial charge is 0.220 e. The zero-order valence-electron chi connectivity index (χ0n) is 16.0. The van der Waals surface area contributed by atoms with Gasteiger partial charge in [-0.25, -0.2) is 0 Å². The third-order valence-corrected chi connectivity index (χ3v) is 5.42. The van der Waals surface area contributed by atoms with Crippen LogP contribution in [0.5, 0.6) is 5.75 Å². The predicted octanol–water partition coefficient (Wildman–Crippen LogP) is 3.64. The molecule has 0 spiro atoms. The normalized spacial score (nSPS) is 18.6. The molecule has 0 aliphatic carbocycles. The number of halogens is 1. The summed E-state index contributed by atoms with van der Waals surface area (Å²) in [7, 11) is 1.62. The molecule has 2 amide bonds. The maximum Gasteiger partial charge on any atom is 0.220 e. The molecule has 2 aromatic carbocycles. The van der Waals surface area contributed by atoms with E-state index in [1.165, 1.54) is 0 Å². The molecule has 5 nitrogen and oxygen atoms in total.